The maximum atomic E-state index is 13.6. The Kier molecular flexibility index (Phi) is 10.3. The summed E-state index contributed by atoms with van der Waals surface area (Å²) in [6.07, 6.45) is 6.44. The number of esters is 1. The summed E-state index contributed by atoms with van der Waals surface area (Å²) in [5.74, 6) is -0.511. The normalized spacial score (nSPS) is 14.7. The van der Waals surface area contributed by atoms with Crippen molar-refractivity contribution in [1.82, 2.24) is 10.2 Å². The summed E-state index contributed by atoms with van der Waals surface area (Å²) in [7, 11) is 1.80. The Hall–Kier alpha value is -3.19. The monoisotopic (exact) mass is 507 g/mol. The third-order valence-corrected chi connectivity index (χ3v) is 7.09. The molecule has 1 fully saturated rings. The number of rotatable bonds is 12. The van der Waals surface area contributed by atoms with E-state index in [0.717, 1.165) is 49.6 Å². The first kappa shape index (κ1) is 28.4. The fourth-order valence-electron chi connectivity index (χ4n) is 5.31. The minimum Gasteiger partial charge on any atom is -0.460 e. The Labute approximate surface area is 220 Å². The van der Waals surface area contributed by atoms with Gasteiger partial charge >= 0.3 is 5.97 Å². The number of anilines is 1. The zero-order valence-electron chi connectivity index (χ0n) is 22.7. The number of benzene rings is 2. The van der Waals surface area contributed by atoms with Crippen LogP contribution in [-0.4, -0.2) is 68.4 Å². The van der Waals surface area contributed by atoms with E-state index in [-0.39, 0.29) is 18.6 Å². The maximum absolute atomic E-state index is 13.6. The first-order valence-corrected chi connectivity index (χ1v) is 13.4. The molecule has 1 N–H and O–H groups in total. The number of likely N-dealkylation sites (N-methyl/N-ethyl adjacent to an activating group) is 2. The smallest absolute Gasteiger partial charge is 0.333 e. The van der Waals surface area contributed by atoms with Gasteiger partial charge in [0, 0.05) is 58.8 Å². The predicted octanol–water partition coefficient (Wildman–Crippen LogP) is 4.98. The molecule has 2 aromatic rings. The summed E-state index contributed by atoms with van der Waals surface area (Å²) >= 11 is 0. The van der Waals surface area contributed by atoms with Gasteiger partial charge in [-0.1, -0.05) is 44.9 Å². The van der Waals surface area contributed by atoms with Crippen molar-refractivity contribution in [3.8, 4) is 0 Å². The minimum atomic E-state index is -0.396. The van der Waals surface area contributed by atoms with Crippen molar-refractivity contribution in [2.24, 2.45) is 0 Å². The molecule has 1 amide bonds. The molecule has 0 aliphatic heterocycles. The summed E-state index contributed by atoms with van der Waals surface area (Å²) in [5.41, 5.74) is 2.34. The van der Waals surface area contributed by atoms with Crippen LogP contribution in [-0.2, 0) is 9.53 Å². The number of ether oxygens (including phenoxy) is 1. The molecular formula is C30H41N3O4. The maximum Gasteiger partial charge on any atom is 0.333 e. The van der Waals surface area contributed by atoms with Gasteiger partial charge in [-0.3, -0.25) is 9.59 Å². The van der Waals surface area contributed by atoms with Crippen LogP contribution >= 0.6 is 0 Å². The Morgan fingerprint density at radius 3 is 2.57 bits per heavy atom. The van der Waals surface area contributed by atoms with E-state index in [9.17, 15) is 14.4 Å². The molecule has 7 nitrogen and oxygen atoms in total. The fourth-order valence-corrected chi connectivity index (χ4v) is 5.31. The number of amides is 1. The lowest BCUT2D eigenvalue weighted by molar-refractivity contribution is -0.138. The summed E-state index contributed by atoms with van der Waals surface area (Å²) in [4.78, 5) is 41.7. The number of nitrogens with one attached hydrogen (secondary N) is 1. The number of fused-ring (bicyclic) bond motifs is 1. The molecule has 200 valence electrons. The number of carbonyl (C=O) groups is 3. The largest absolute Gasteiger partial charge is 0.460 e. The summed E-state index contributed by atoms with van der Waals surface area (Å²) in [6.45, 7) is 11.5. The van der Waals surface area contributed by atoms with E-state index >= 15 is 0 Å². The first-order valence-electron chi connectivity index (χ1n) is 13.4. The number of carbonyl (C=O) groups excluding carboxylic acids is 3. The molecule has 7 heteroatoms. The van der Waals surface area contributed by atoms with Gasteiger partial charge in [0.2, 0.25) is 0 Å². The molecular weight excluding hydrogens is 466 g/mol. The van der Waals surface area contributed by atoms with E-state index in [1.54, 1.807) is 31.0 Å². The van der Waals surface area contributed by atoms with Crippen LogP contribution in [0.2, 0.25) is 0 Å². The molecule has 2 aromatic carbocycles. The van der Waals surface area contributed by atoms with Crippen molar-refractivity contribution in [2.75, 3.05) is 38.2 Å². The van der Waals surface area contributed by atoms with Crippen LogP contribution in [0.5, 0.6) is 0 Å². The highest BCUT2D eigenvalue weighted by Gasteiger charge is 2.26. The van der Waals surface area contributed by atoms with Gasteiger partial charge in [-0.15, -0.1) is 0 Å². The molecule has 3 rings (SSSR count). The molecule has 0 aromatic heterocycles. The predicted molar refractivity (Wildman–Crippen MR) is 149 cm³/mol. The molecule has 0 radical (unpaired) electrons. The minimum absolute atomic E-state index is 0.116. The lowest BCUT2D eigenvalue weighted by Gasteiger charge is -2.37. The van der Waals surface area contributed by atoms with Crippen LogP contribution in [0.25, 0.3) is 10.8 Å². The molecule has 0 spiro atoms. The molecule has 0 bridgehead atoms. The van der Waals surface area contributed by atoms with E-state index in [2.05, 4.69) is 16.8 Å². The van der Waals surface area contributed by atoms with Crippen molar-refractivity contribution in [3.05, 3.63) is 53.6 Å². The second-order valence-electron chi connectivity index (χ2n) is 10.1. The van der Waals surface area contributed by atoms with Gasteiger partial charge in [-0.25, -0.2) is 4.79 Å². The van der Waals surface area contributed by atoms with Gasteiger partial charge in [-0.2, -0.15) is 0 Å². The Bertz CT molecular complexity index is 1120. The third-order valence-electron chi connectivity index (χ3n) is 7.09. The molecule has 1 atom stereocenters. The van der Waals surface area contributed by atoms with Crippen molar-refractivity contribution in [2.45, 2.75) is 65.0 Å². The van der Waals surface area contributed by atoms with E-state index in [1.165, 1.54) is 6.42 Å². The topological polar surface area (TPSA) is 79.0 Å². The van der Waals surface area contributed by atoms with Crippen LogP contribution < -0.4 is 10.2 Å². The highest BCUT2D eigenvalue weighted by Crippen LogP contribution is 2.35. The number of hydrogen-bond donors (Lipinski definition) is 1. The van der Waals surface area contributed by atoms with E-state index in [1.807, 2.05) is 32.0 Å². The quantitative estimate of drug-likeness (QED) is 0.248. The van der Waals surface area contributed by atoms with E-state index < -0.39 is 5.97 Å². The van der Waals surface area contributed by atoms with Gasteiger partial charge in [-0.05, 0) is 51.4 Å². The van der Waals surface area contributed by atoms with Crippen molar-refractivity contribution in [1.29, 1.82) is 0 Å². The summed E-state index contributed by atoms with van der Waals surface area (Å²) in [5, 5.41) is 4.87. The average Bonchev–Trinajstić information content (AvgIpc) is 2.90. The third kappa shape index (κ3) is 6.98. The second kappa shape index (κ2) is 13.4. The van der Waals surface area contributed by atoms with Crippen LogP contribution in [0.4, 0.5) is 5.69 Å². The molecule has 0 heterocycles. The number of hydrogen-bond acceptors (Lipinski definition) is 6. The molecule has 1 saturated carbocycles. The SMILES string of the molecule is C=C(C)C(=O)OCCN(c1ccc(C=O)c2c(C(=O)N(C)CC(C)NCC)cccc12)C1CCCCC1. The van der Waals surface area contributed by atoms with Gasteiger partial charge in [0.25, 0.3) is 5.91 Å². The number of aldehydes is 1. The highest BCUT2D eigenvalue weighted by atomic mass is 16.5. The van der Waals surface area contributed by atoms with Crippen molar-refractivity contribution >= 4 is 34.6 Å². The van der Waals surface area contributed by atoms with E-state index in [0.29, 0.717) is 41.2 Å². The van der Waals surface area contributed by atoms with Gasteiger partial charge in [0.15, 0.2) is 6.29 Å². The molecule has 1 aliphatic rings. The number of nitrogens with zero attached hydrogens (tertiary/aromatic N) is 2. The lowest BCUT2D eigenvalue weighted by Crippen LogP contribution is -2.40. The van der Waals surface area contributed by atoms with Crippen LogP contribution in [0.15, 0.2) is 42.5 Å². The lowest BCUT2D eigenvalue weighted by atomic mass is 9.92. The van der Waals surface area contributed by atoms with Gasteiger partial charge in [0.05, 0.1) is 6.54 Å². The molecule has 1 unspecified atom stereocenters. The van der Waals surface area contributed by atoms with Gasteiger partial charge < -0.3 is 19.9 Å². The first-order chi connectivity index (χ1) is 17.8. The average molecular weight is 508 g/mol. The van der Waals surface area contributed by atoms with Crippen LogP contribution in [0.3, 0.4) is 0 Å². The summed E-state index contributed by atoms with van der Waals surface area (Å²) in [6, 6.07) is 9.88. The Morgan fingerprint density at radius 2 is 1.92 bits per heavy atom. The fraction of sp³-hybridized carbons (Fsp3) is 0.500. The second-order valence-corrected chi connectivity index (χ2v) is 10.1. The van der Waals surface area contributed by atoms with Crippen LogP contribution in [0.1, 0.15) is 73.6 Å². The molecule has 0 saturated heterocycles. The van der Waals surface area contributed by atoms with Crippen LogP contribution in [0, 0.1) is 0 Å². The zero-order chi connectivity index (χ0) is 26.9. The van der Waals surface area contributed by atoms with Crippen molar-refractivity contribution in [3.63, 3.8) is 0 Å². The van der Waals surface area contributed by atoms with Crippen molar-refractivity contribution < 1.29 is 19.1 Å². The molecule has 1 aliphatic carbocycles. The van der Waals surface area contributed by atoms with E-state index in [4.69, 9.17) is 4.74 Å². The standard InChI is InChI=1S/C30H41N3O4/c1-6-31-22(4)19-32(5)29(35)26-14-10-13-25-27(16-15-23(20-34)28(25)26)33(24-11-8-7-9-12-24)17-18-37-30(36)21(2)3/h10,13-16,20,22,24,31H,2,6-9,11-12,17-19H2,1,3-5H3. The summed E-state index contributed by atoms with van der Waals surface area (Å²) < 4.78 is 5.45. The highest BCUT2D eigenvalue weighted by molar-refractivity contribution is 6.15. The zero-order valence-corrected chi connectivity index (χ0v) is 22.7. The Morgan fingerprint density at radius 1 is 1.19 bits per heavy atom. The molecule has 37 heavy (non-hydrogen) atoms. The Balaban J connectivity index is 2.03. The van der Waals surface area contributed by atoms with Gasteiger partial charge in [0.1, 0.15) is 6.61 Å².